The Balaban J connectivity index is 0.000000283. The summed E-state index contributed by atoms with van der Waals surface area (Å²) < 4.78 is 0. The fourth-order valence-corrected chi connectivity index (χ4v) is 4.23. The van der Waals surface area contributed by atoms with Gasteiger partial charge in [-0.25, -0.2) is 0 Å². The minimum atomic E-state index is 0. The van der Waals surface area contributed by atoms with Crippen LogP contribution in [0, 0.1) is 13.8 Å². The van der Waals surface area contributed by atoms with Gasteiger partial charge in [0, 0.05) is 9.52 Å². The van der Waals surface area contributed by atoms with Crippen LogP contribution in [-0.2, 0) is 26.2 Å². The van der Waals surface area contributed by atoms with Crippen molar-refractivity contribution >= 4 is 52.6 Å². The maximum Gasteiger partial charge on any atom is 4.00 e. The molecule has 0 aliphatic carbocycles. The molecule has 0 saturated carbocycles. The van der Waals surface area contributed by atoms with Gasteiger partial charge in [0.2, 0.25) is 0 Å². The molecule has 6 aromatic carbocycles. The third-order valence-electron chi connectivity index (χ3n) is 5.52. The van der Waals surface area contributed by atoms with Gasteiger partial charge in [-0.15, -0.1) is 56.9 Å². The molecule has 0 atom stereocenters. The average molecular weight is 580 g/mol. The van der Waals surface area contributed by atoms with E-state index < -0.39 is 0 Å². The molecule has 0 unspecified atom stereocenters. The van der Waals surface area contributed by atoms with Crippen molar-refractivity contribution in [1.29, 1.82) is 0 Å². The molecule has 0 aromatic heterocycles. The van der Waals surface area contributed by atoms with Crippen molar-refractivity contribution in [3.05, 3.63) is 108 Å². The van der Waals surface area contributed by atoms with Gasteiger partial charge >= 0.3 is 26.2 Å². The molecule has 4 heteroatoms. The molecule has 34 heavy (non-hydrogen) atoms. The second kappa shape index (κ2) is 14.0. The third-order valence-corrected chi connectivity index (χ3v) is 5.52. The summed E-state index contributed by atoms with van der Waals surface area (Å²) in [4.78, 5) is 0. The molecule has 1 radical (unpaired) electrons. The van der Waals surface area contributed by atoms with Crippen molar-refractivity contribution in [2.45, 2.75) is 26.9 Å². The van der Waals surface area contributed by atoms with Gasteiger partial charge in [-0.1, -0.05) is 109 Å². The van der Waals surface area contributed by atoms with E-state index in [1.807, 2.05) is 0 Å². The van der Waals surface area contributed by atoms with Gasteiger partial charge < -0.3 is 24.8 Å². The topological polar surface area (TPSA) is 0 Å². The zero-order chi connectivity index (χ0) is 21.8. The van der Waals surface area contributed by atoms with E-state index in [4.69, 9.17) is 0 Å². The molecule has 0 aliphatic rings. The van der Waals surface area contributed by atoms with Crippen molar-refractivity contribution in [3.8, 4) is 0 Å². The molecule has 0 N–H and O–H groups in total. The van der Waals surface area contributed by atoms with Gasteiger partial charge in [-0.2, -0.15) is 12.1 Å². The Kier molecular flexibility index (Phi) is 12.5. The SMILES string of the molecule is C[SiH]C.Cc1cc2ccc3ccccc3c2[cH-]1.Cc1cc2ccc3ccccc3c2[cH-]1.[Cl-].[Cl-].[Zr+4]. The number of rotatable bonds is 0. The Morgan fingerprint density at radius 2 is 0.853 bits per heavy atom. The first kappa shape index (κ1) is 30.3. The Morgan fingerprint density at radius 3 is 1.24 bits per heavy atom. The van der Waals surface area contributed by atoms with Gasteiger partial charge in [0.05, 0.1) is 0 Å². The van der Waals surface area contributed by atoms with Crippen LogP contribution in [0.3, 0.4) is 0 Å². The fraction of sp³-hybridized carbons (Fsp3) is 0.133. The van der Waals surface area contributed by atoms with Crippen LogP contribution in [0.1, 0.15) is 11.1 Å². The Hall–Kier alpha value is -1.70. The number of hydrogen-bond donors (Lipinski definition) is 0. The average Bonchev–Trinajstić information content (AvgIpc) is 3.36. The van der Waals surface area contributed by atoms with Crippen molar-refractivity contribution in [1.82, 2.24) is 0 Å². The smallest absolute Gasteiger partial charge is 1.00 e. The zero-order valence-electron chi connectivity index (χ0n) is 20.1. The van der Waals surface area contributed by atoms with E-state index >= 15 is 0 Å². The van der Waals surface area contributed by atoms with Crippen molar-refractivity contribution in [2.75, 3.05) is 0 Å². The molecule has 171 valence electrons. The summed E-state index contributed by atoms with van der Waals surface area (Å²) in [7, 11) is 0.750. The number of aryl methyl sites for hydroxylation is 2. The van der Waals surface area contributed by atoms with E-state index in [1.54, 1.807) is 0 Å². The zero-order valence-corrected chi connectivity index (χ0v) is 25.2. The van der Waals surface area contributed by atoms with Crippen molar-refractivity contribution < 1.29 is 51.0 Å². The number of fused-ring (bicyclic) bond motifs is 6. The van der Waals surface area contributed by atoms with E-state index in [2.05, 4.69) is 124 Å². The van der Waals surface area contributed by atoms with Gasteiger partial charge in [0.1, 0.15) is 0 Å². The van der Waals surface area contributed by atoms with Crippen LogP contribution in [-0.4, -0.2) is 9.52 Å². The summed E-state index contributed by atoms with van der Waals surface area (Å²) in [5.74, 6) is 0. The number of hydrogen-bond acceptors (Lipinski definition) is 0. The summed E-state index contributed by atoms with van der Waals surface area (Å²) in [5.41, 5.74) is 2.69. The van der Waals surface area contributed by atoms with E-state index in [1.165, 1.54) is 54.2 Å². The van der Waals surface area contributed by atoms with Gasteiger partial charge in [-0.3, -0.25) is 0 Å². The van der Waals surface area contributed by atoms with E-state index in [0.717, 1.165) is 9.52 Å². The minimum Gasteiger partial charge on any atom is -1.00 e. The monoisotopic (exact) mass is 577 g/mol. The standard InChI is InChI=1S/2C14H11.C2H7Si.2ClH.Zr/c2*1-10-8-12-7-6-11-4-2-3-5-13(11)14(12)9-10;1-3-2;;;/h2*2-9H,1H3;3H,1-2H3;2*1H;/q2*-1;;;;+4/p-2. The molecule has 6 aromatic rings. The van der Waals surface area contributed by atoms with Crippen molar-refractivity contribution in [2.24, 2.45) is 0 Å². The molecule has 0 nitrogen and oxygen atoms in total. The second-order valence-electron chi connectivity index (χ2n) is 8.22. The molecule has 0 saturated heterocycles. The predicted octanol–water partition coefficient (Wildman–Crippen LogP) is 2.57. The molecule has 0 aliphatic heterocycles. The predicted molar refractivity (Wildman–Crippen MR) is 142 cm³/mol. The van der Waals surface area contributed by atoms with E-state index in [9.17, 15) is 0 Å². The maximum atomic E-state index is 2.26. The van der Waals surface area contributed by atoms with E-state index in [0.29, 0.717) is 0 Å². The maximum absolute atomic E-state index is 2.26. The van der Waals surface area contributed by atoms with Crippen LogP contribution in [0.2, 0.25) is 13.1 Å². The summed E-state index contributed by atoms with van der Waals surface area (Å²) in [6.07, 6.45) is 0. The number of benzene rings is 4. The summed E-state index contributed by atoms with van der Waals surface area (Å²) in [6, 6.07) is 34.9. The van der Waals surface area contributed by atoms with Crippen LogP contribution < -0.4 is 24.8 Å². The minimum absolute atomic E-state index is 0. The molecular formula is C30H29Cl2SiZr. The first-order valence-electron chi connectivity index (χ1n) is 10.9. The first-order chi connectivity index (χ1) is 15.1. The third kappa shape index (κ3) is 6.70. The van der Waals surface area contributed by atoms with Gasteiger partial charge in [0.15, 0.2) is 0 Å². The normalized spacial score (nSPS) is 9.76. The molecule has 6 rings (SSSR count). The Bertz CT molecular complexity index is 1350. The quantitative estimate of drug-likeness (QED) is 0.192. The van der Waals surface area contributed by atoms with Crippen LogP contribution >= 0.6 is 0 Å². The summed E-state index contributed by atoms with van der Waals surface area (Å²) >= 11 is 0. The van der Waals surface area contributed by atoms with Crippen molar-refractivity contribution in [3.63, 3.8) is 0 Å². The van der Waals surface area contributed by atoms with Gasteiger partial charge in [0.25, 0.3) is 0 Å². The van der Waals surface area contributed by atoms with Crippen LogP contribution in [0.4, 0.5) is 0 Å². The first-order valence-corrected chi connectivity index (χ1v) is 13.2. The molecule has 0 spiro atoms. The Labute approximate surface area is 237 Å². The van der Waals surface area contributed by atoms with Crippen LogP contribution in [0.25, 0.3) is 43.1 Å². The molecule has 0 amide bonds. The second-order valence-corrected chi connectivity index (χ2v) is 9.38. The molecule has 0 fully saturated rings. The molecular weight excluding hydrogens is 551 g/mol. The van der Waals surface area contributed by atoms with Gasteiger partial charge in [-0.05, 0) is 0 Å². The van der Waals surface area contributed by atoms with Crippen LogP contribution in [0.5, 0.6) is 0 Å². The number of halogens is 2. The summed E-state index contributed by atoms with van der Waals surface area (Å²) in [5, 5.41) is 10.8. The largest absolute Gasteiger partial charge is 4.00 e. The fourth-order valence-electron chi connectivity index (χ4n) is 4.23. The molecule has 0 bridgehead atoms. The Morgan fingerprint density at radius 1 is 0.529 bits per heavy atom. The summed E-state index contributed by atoms with van der Waals surface area (Å²) in [6.45, 7) is 8.71. The van der Waals surface area contributed by atoms with E-state index in [-0.39, 0.29) is 51.0 Å². The molecule has 0 heterocycles. The van der Waals surface area contributed by atoms with Crippen LogP contribution in [0.15, 0.2) is 97.1 Å².